The van der Waals surface area contributed by atoms with Gasteiger partial charge in [0.2, 0.25) is 0 Å². The van der Waals surface area contributed by atoms with E-state index in [1.807, 2.05) is 6.92 Å². The number of morpholine rings is 1. The maximum atomic E-state index is 13.3. The number of ether oxygens (including phenoxy) is 1. The zero-order valence-corrected chi connectivity index (χ0v) is 13.5. The second kappa shape index (κ2) is 6.25. The summed E-state index contributed by atoms with van der Waals surface area (Å²) in [7, 11) is 0. The van der Waals surface area contributed by atoms with Gasteiger partial charge in [-0.15, -0.1) is 5.10 Å². The van der Waals surface area contributed by atoms with Crippen LogP contribution >= 0.6 is 11.6 Å². The molecule has 8 heteroatoms. The van der Waals surface area contributed by atoms with Crippen LogP contribution in [0.5, 0.6) is 0 Å². The number of hydrogen-bond acceptors (Lipinski definition) is 4. The third-order valence-electron chi connectivity index (χ3n) is 3.87. The van der Waals surface area contributed by atoms with E-state index < -0.39 is 5.82 Å². The van der Waals surface area contributed by atoms with Crippen LogP contribution in [-0.2, 0) is 4.74 Å². The molecule has 0 N–H and O–H groups in total. The summed E-state index contributed by atoms with van der Waals surface area (Å²) >= 11 is 5.80. The van der Waals surface area contributed by atoms with Crippen LogP contribution in [0.3, 0.4) is 0 Å². The van der Waals surface area contributed by atoms with E-state index in [9.17, 15) is 9.18 Å². The van der Waals surface area contributed by atoms with Crippen LogP contribution < -0.4 is 0 Å². The van der Waals surface area contributed by atoms with E-state index in [2.05, 4.69) is 10.3 Å². The SMILES string of the molecule is Cc1c(C(=O)N2CCOCC2C)nnn1-c1ccc(F)c(Cl)c1. The molecule has 1 saturated heterocycles. The Bertz CT molecular complexity index is 749. The van der Waals surface area contributed by atoms with Crippen LogP contribution in [0.25, 0.3) is 5.69 Å². The number of rotatable bonds is 2. The Morgan fingerprint density at radius 3 is 2.96 bits per heavy atom. The molecule has 3 rings (SSSR count). The highest BCUT2D eigenvalue weighted by molar-refractivity contribution is 6.30. The van der Waals surface area contributed by atoms with E-state index in [-0.39, 0.29) is 22.7 Å². The molecule has 1 unspecified atom stereocenters. The fourth-order valence-electron chi connectivity index (χ4n) is 2.55. The molecule has 2 aromatic rings. The Hall–Kier alpha value is -1.99. The van der Waals surface area contributed by atoms with Crippen molar-refractivity contribution in [3.8, 4) is 5.69 Å². The van der Waals surface area contributed by atoms with Gasteiger partial charge in [-0.2, -0.15) is 0 Å². The maximum absolute atomic E-state index is 13.3. The minimum atomic E-state index is -0.508. The predicted octanol–water partition coefficient (Wildman–Crippen LogP) is 2.23. The zero-order valence-electron chi connectivity index (χ0n) is 12.8. The quantitative estimate of drug-likeness (QED) is 0.842. The van der Waals surface area contributed by atoms with Crippen molar-refractivity contribution < 1.29 is 13.9 Å². The number of nitrogens with zero attached hydrogens (tertiary/aromatic N) is 4. The number of benzene rings is 1. The first kappa shape index (κ1) is 15.9. The van der Waals surface area contributed by atoms with Gasteiger partial charge in [-0.25, -0.2) is 9.07 Å². The second-order valence-electron chi connectivity index (χ2n) is 5.46. The van der Waals surface area contributed by atoms with E-state index in [1.165, 1.54) is 22.9 Å². The van der Waals surface area contributed by atoms with Crippen molar-refractivity contribution >= 4 is 17.5 Å². The maximum Gasteiger partial charge on any atom is 0.276 e. The molecule has 1 aromatic heterocycles. The van der Waals surface area contributed by atoms with Crippen molar-refractivity contribution in [2.45, 2.75) is 19.9 Å². The average molecular weight is 339 g/mol. The standard InChI is InChI=1S/C15H16ClFN4O2/c1-9-8-23-6-5-20(9)15(22)14-10(2)21(19-18-14)11-3-4-13(17)12(16)7-11/h3-4,7,9H,5-6,8H2,1-2H3. The van der Waals surface area contributed by atoms with Crippen molar-refractivity contribution in [2.24, 2.45) is 0 Å². The van der Waals surface area contributed by atoms with Gasteiger partial charge in [-0.1, -0.05) is 16.8 Å². The van der Waals surface area contributed by atoms with E-state index >= 15 is 0 Å². The first-order chi connectivity index (χ1) is 11.0. The van der Waals surface area contributed by atoms with Crippen LogP contribution in [0, 0.1) is 12.7 Å². The first-order valence-electron chi connectivity index (χ1n) is 7.25. The first-order valence-corrected chi connectivity index (χ1v) is 7.63. The molecule has 0 bridgehead atoms. The van der Waals surface area contributed by atoms with E-state index in [1.54, 1.807) is 11.8 Å². The number of carbonyl (C=O) groups is 1. The summed E-state index contributed by atoms with van der Waals surface area (Å²) < 4.78 is 20.1. The lowest BCUT2D eigenvalue weighted by Gasteiger charge is -2.32. The summed E-state index contributed by atoms with van der Waals surface area (Å²) in [5, 5.41) is 8.00. The van der Waals surface area contributed by atoms with Gasteiger partial charge in [0.15, 0.2) is 5.69 Å². The Labute approximate surface area is 137 Å². The van der Waals surface area contributed by atoms with Gasteiger partial charge in [0.1, 0.15) is 5.82 Å². The van der Waals surface area contributed by atoms with Gasteiger partial charge in [0.05, 0.1) is 35.7 Å². The van der Waals surface area contributed by atoms with Crippen LogP contribution in [0.1, 0.15) is 23.1 Å². The van der Waals surface area contributed by atoms with Gasteiger partial charge in [-0.05, 0) is 32.0 Å². The van der Waals surface area contributed by atoms with Gasteiger partial charge < -0.3 is 9.64 Å². The van der Waals surface area contributed by atoms with E-state index in [0.29, 0.717) is 31.1 Å². The third kappa shape index (κ3) is 2.94. The molecular weight excluding hydrogens is 323 g/mol. The van der Waals surface area contributed by atoms with Gasteiger partial charge >= 0.3 is 0 Å². The van der Waals surface area contributed by atoms with Crippen LogP contribution in [0.2, 0.25) is 5.02 Å². The van der Waals surface area contributed by atoms with E-state index in [0.717, 1.165) is 0 Å². The molecule has 1 aliphatic rings. The molecule has 1 aliphatic heterocycles. The summed E-state index contributed by atoms with van der Waals surface area (Å²) in [5.41, 5.74) is 1.41. The predicted molar refractivity (Wildman–Crippen MR) is 82.4 cm³/mol. The highest BCUT2D eigenvalue weighted by atomic mass is 35.5. The molecular formula is C15H16ClFN4O2. The number of aromatic nitrogens is 3. The van der Waals surface area contributed by atoms with Crippen LogP contribution in [0.15, 0.2) is 18.2 Å². The minimum absolute atomic E-state index is 0.00734. The van der Waals surface area contributed by atoms with Crippen molar-refractivity contribution in [1.82, 2.24) is 19.9 Å². The second-order valence-corrected chi connectivity index (χ2v) is 5.86. The molecule has 0 radical (unpaired) electrons. The average Bonchev–Trinajstić information content (AvgIpc) is 2.91. The number of halogens is 2. The lowest BCUT2D eigenvalue weighted by molar-refractivity contribution is 0.00322. The molecule has 1 amide bonds. The van der Waals surface area contributed by atoms with Crippen LogP contribution in [-0.4, -0.2) is 51.6 Å². The molecule has 122 valence electrons. The van der Waals surface area contributed by atoms with Gasteiger partial charge in [0.25, 0.3) is 5.91 Å². The molecule has 1 fully saturated rings. The smallest absolute Gasteiger partial charge is 0.276 e. The van der Waals surface area contributed by atoms with Crippen LogP contribution in [0.4, 0.5) is 4.39 Å². The molecule has 1 aromatic carbocycles. The summed E-state index contributed by atoms with van der Waals surface area (Å²) in [4.78, 5) is 14.4. The Kier molecular flexibility index (Phi) is 4.32. The van der Waals surface area contributed by atoms with Crippen molar-refractivity contribution in [2.75, 3.05) is 19.8 Å². The molecule has 0 aliphatic carbocycles. The number of amides is 1. The fraction of sp³-hybridized carbons (Fsp3) is 0.400. The molecule has 2 heterocycles. The lowest BCUT2D eigenvalue weighted by atomic mass is 10.2. The Morgan fingerprint density at radius 1 is 1.48 bits per heavy atom. The summed E-state index contributed by atoms with van der Waals surface area (Å²) in [5.74, 6) is -0.690. The normalized spacial score (nSPS) is 18.3. The van der Waals surface area contributed by atoms with Crippen molar-refractivity contribution in [3.05, 3.63) is 40.4 Å². The number of hydrogen-bond donors (Lipinski definition) is 0. The summed E-state index contributed by atoms with van der Waals surface area (Å²) in [6.45, 7) is 5.21. The summed E-state index contributed by atoms with van der Waals surface area (Å²) in [6, 6.07) is 4.23. The van der Waals surface area contributed by atoms with E-state index in [4.69, 9.17) is 16.3 Å². The lowest BCUT2D eigenvalue weighted by Crippen LogP contribution is -2.47. The monoisotopic (exact) mass is 338 g/mol. The topological polar surface area (TPSA) is 60.3 Å². The molecule has 0 spiro atoms. The fourth-order valence-corrected chi connectivity index (χ4v) is 2.73. The summed E-state index contributed by atoms with van der Waals surface area (Å²) in [6.07, 6.45) is 0. The zero-order chi connectivity index (χ0) is 16.6. The molecule has 1 atom stereocenters. The molecule has 0 saturated carbocycles. The molecule has 6 nitrogen and oxygen atoms in total. The Balaban J connectivity index is 1.92. The highest BCUT2D eigenvalue weighted by Crippen LogP contribution is 2.21. The molecule has 23 heavy (non-hydrogen) atoms. The third-order valence-corrected chi connectivity index (χ3v) is 4.16. The largest absolute Gasteiger partial charge is 0.377 e. The minimum Gasteiger partial charge on any atom is -0.377 e. The Morgan fingerprint density at radius 2 is 2.26 bits per heavy atom. The van der Waals surface area contributed by atoms with Gasteiger partial charge in [0, 0.05) is 6.54 Å². The number of carbonyl (C=O) groups excluding carboxylic acids is 1. The van der Waals surface area contributed by atoms with Gasteiger partial charge in [-0.3, -0.25) is 4.79 Å². The highest BCUT2D eigenvalue weighted by Gasteiger charge is 2.28. The van der Waals surface area contributed by atoms with Crippen molar-refractivity contribution in [1.29, 1.82) is 0 Å². The van der Waals surface area contributed by atoms with Crippen molar-refractivity contribution in [3.63, 3.8) is 0 Å².